The van der Waals surface area contributed by atoms with Gasteiger partial charge in [0.05, 0.1) is 11.7 Å². The van der Waals surface area contributed by atoms with Gasteiger partial charge in [0.25, 0.3) is 0 Å². The fourth-order valence-corrected chi connectivity index (χ4v) is 4.02. The molecule has 1 aliphatic heterocycles. The van der Waals surface area contributed by atoms with E-state index in [0.29, 0.717) is 0 Å². The van der Waals surface area contributed by atoms with Crippen LogP contribution in [-0.2, 0) is 4.79 Å². The Kier molecular flexibility index (Phi) is 6.07. The lowest BCUT2D eigenvalue weighted by Crippen LogP contribution is -2.41. The van der Waals surface area contributed by atoms with E-state index in [2.05, 4.69) is 39.5 Å². The van der Waals surface area contributed by atoms with Crippen molar-refractivity contribution in [3.63, 3.8) is 0 Å². The number of carbonyl (C=O) groups excluding carboxylic acids is 1. The molecule has 1 aromatic heterocycles. The minimum absolute atomic E-state index is 0.0246. The van der Waals surface area contributed by atoms with Crippen LogP contribution in [0.3, 0.4) is 0 Å². The number of carbonyl (C=O) groups is 1. The Morgan fingerprint density at radius 3 is 2.33 bits per heavy atom. The molecule has 3 aromatic rings. The van der Waals surface area contributed by atoms with Crippen molar-refractivity contribution in [2.45, 2.75) is 32.7 Å². The molecule has 154 valence electrons. The zero-order chi connectivity index (χ0) is 20.9. The number of amides is 1. The van der Waals surface area contributed by atoms with E-state index in [-0.39, 0.29) is 17.9 Å². The number of benzene rings is 2. The highest BCUT2D eigenvalue weighted by molar-refractivity contribution is 5.79. The first-order valence-corrected chi connectivity index (χ1v) is 10.6. The second kappa shape index (κ2) is 9.08. The van der Waals surface area contributed by atoms with Gasteiger partial charge in [0, 0.05) is 24.6 Å². The molecule has 1 aliphatic rings. The van der Waals surface area contributed by atoms with E-state index in [9.17, 15) is 4.79 Å². The van der Waals surface area contributed by atoms with Gasteiger partial charge in [-0.3, -0.25) is 4.79 Å². The molecule has 1 fully saturated rings. The van der Waals surface area contributed by atoms with Gasteiger partial charge in [-0.25, -0.2) is 0 Å². The zero-order valence-electron chi connectivity index (χ0n) is 17.6. The molecule has 0 spiro atoms. The SMILES string of the molecule is Cc1ccccc1-c1ccc(N2CCC(C(=O)NC(C)c3ccccc3)CC2)nn1. The molecule has 1 unspecified atom stereocenters. The van der Waals surface area contributed by atoms with Crippen LogP contribution in [0, 0.1) is 12.8 Å². The van der Waals surface area contributed by atoms with Crippen LogP contribution in [0.1, 0.15) is 36.9 Å². The van der Waals surface area contributed by atoms with Gasteiger partial charge in [0.1, 0.15) is 0 Å². The number of nitrogens with zero attached hydrogens (tertiary/aromatic N) is 3. The molecule has 0 radical (unpaired) electrons. The largest absolute Gasteiger partial charge is 0.355 e. The third kappa shape index (κ3) is 4.51. The Labute approximate surface area is 178 Å². The Bertz CT molecular complexity index is 980. The Balaban J connectivity index is 1.33. The summed E-state index contributed by atoms with van der Waals surface area (Å²) in [4.78, 5) is 14.9. The van der Waals surface area contributed by atoms with Crippen LogP contribution >= 0.6 is 0 Å². The second-order valence-electron chi connectivity index (χ2n) is 7.99. The number of rotatable bonds is 5. The molecule has 5 heteroatoms. The van der Waals surface area contributed by atoms with Gasteiger partial charge in [-0.15, -0.1) is 10.2 Å². The van der Waals surface area contributed by atoms with E-state index < -0.39 is 0 Å². The summed E-state index contributed by atoms with van der Waals surface area (Å²) in [6.45, 7) is 5.75. The second-order valence-corrected chi connectivity index (χ2v) is 7.99. The fourth-order valence-electron chi connectivity index (χ4n) is 4.02. The minimum Gasteiger partial charge on any atom is -0.355 e. The molecule has 1 amide bonds. The zero-order valence-corrected chi connectivity index (χ0v) is 17.6. The summed E-state index contributed by atoms with van der Waals surface area (Å²) in [5, 5.41) is 12.1. The van der Waals surface area contributed by atoms with E-state index >= 15 is 0 Å². The lowest BCUT2D eigenvalue weighted by molar-refractivity contribution is -0.126. The van der Waals surface area contributed by atoms with Gasteiger partial charge in [-0.05, 0) is 49.9 Å². The van der Waals surface area contributed by atoms with Crippen LogP contribution in [0.5, 0.6) is 0 Å². The maximum Gasteiger partial charge on any atom is 0.223 e. The molecule has 1 N–H and O–H groups in total. The lowest BCUT2D eigenvalue weighted by Gasteiger charge is -2.32. The van der Waals surface area contributed by atoms with E-state index in [0.717, 1.165) is 48.6 Å². The van der Waals surface area contributed by atoms with Gasteiger partial charge in [-0.1, -0.05) is 54.6 Å². The van der Waals surface area contributed by atoms with E-state index in [1.54, 1.807) is 0 Å². The highest BCUT2D eigenvalue weighted by atomic mass is 16.1. The Morgan fingerprint density at radius 1 is 0.967 bits per heavy atom. The van der Waals surface area contributed by atoms with Crippen LogP contribution in [-0.4, -0.2) is 29.2 Å². The van der Waals surface area contributed by atoms with Gasteiger partial charge < -0.3 is 10.2 Å². The quantitative estimate of drug-likeness (QED) is 0.683. The lowest BCUT2D eigenvalue weighted by atomic mass is 9.95. The van der Waals surface area contributed by atoms with E-state index in [1.807, 2.05) is 61.5 Å². The standard InChI is InChI=1S/C25H28N4O/c1-18-8-6-7-11-22(18)23-12-13-24(28-27-23)29-16-14-21(15-17-29)25(30)26-19(2)20-9-4-3-5-10-20/h3-13,19,21H,14-17H2,1-2H3,(H,26,30). The van der Waals surface area contributed by atoms with E-state index in [4.69, 9.17) is 0 Å². The summed E-state index contributed by atoms with van der Waals surface area (Å²) in [7, 11) is 0. The summed E-state index contributed by atoms with van der Waals surface area (Å²) >= 11 is 0. The molecule has 2 aromatic carbocycles. The molecule has 1 atom stereocenters. The first-order chi connectivity index (χ1) is 14.6. The number of anilines is 1. The smallest absolute Gasteiger partial charge is 0.223 e. The topological polar surface area (TPSA) is 58.1 Å². The summed E-state index contributed by atoms with van der Waals surface area (Å²) in [6.07, 6.45) is 1.66. The molecule has 0 bridgehead atoms. The maximum absolute atomic E-state index is 12.7. The number of aryl methyl sites for hydroxylation is 1. The molecule has 1 saturated heterocycles. The first kappa shape index (κ1) is 20.1. The van der Waals surface area contributed by atoms with Gasteiger partial charge >= 0.3 is 0 Å². The van der Waals surface area contributed by atoms with Crippen molar-refractivity contribution >= 4 is 11.7 Å². The third-order valence-corrected chi connectivity index (χ3v) is 5.92. The first-order valence-electron chi connectivity index (χ1n) is 10.6. The van der Waals surface area contributed by atoms with E-state index in [1.165, 1.54) is 5.56 Å². The predicted octanol–water partition coefficient (Wildman–Crippen LogP) is 4.55. The number of piperidine rings is 1. The molecular formula is C25H28N4O. The van der Waals surface area contributed by atoms with Crippen LogP contribution < -0.4 is 10.2 Å². The average Bonchev–Trinajstić information content (AvgIpc) is 2.80. The highest BCUT2D eigenvalue weighted by Crippen LogP contribution is 2.25. The molecule has 0 saturated carbocycles. The van der Waals surface area contributed by atoms with Crippen molar-refractivity contribution in [2.75, 3.05) is 18.0 Å². The van der Waals surface area contributed by atoms with Crippen molar-refractivity contribution < 1.29 is 4.79 Å². The molecular weight excluding hydrogens is 372 g/mol. The molecule has 0 aliphatic carbocycles. The molecule has 2 heterocycles. The van der Waals surface area contributed by atoms with Crippen LogP contribution in [0.4, 0.5) is 5.82 Å². The van der Waals surface area contributed by atoms with Crippen LogP contribution in [0.2, 0.25) is 0 Å². The van der Waals surface area contributed by atoms with Gasteiger partial charge in [-0.2, -0.15) is 0 Å². The molecule has 30 heavy (non-hydrogen) atoms. The summed E-state index contributed by atoms with van der Waals surface area (Å²) in [5.74, 6) is 1.07. The van der Waals surface area contributed by atoms with Crippen molar-refractivity contribution in [1.29, 1.82) is 0 Å². The van der Waals surface area contributed by atoms with Crippen molar-refractivity contribution in [2.24, 2.45) is 5.92 Å². The normalized spacial score (nSPS) is 15.6. The monoisotopic (exact) mass is 400 g/mol. The third-order valence-electron chi connectivity index (χ3n) is 5.92. The Morgan fingerprint density at radius 2 is 1.67 bits per heavy atom. The fraction of sp³-hybridized carbons (Fsp3) is 0.320. The van der Waals surface area contributed by atoms with Gasteiger partial charge in [0.2, 0.25) is 5.91 Å². The summed E-state index contributed by atoms with van der Waals surface area (Å²) in [5.41, 5.74) is 4.32. The predicted molar refractivity (Wildman–Crippen MR) is 120 cm³/mol. The molecule has 5 nitrogen and oxygen atoms in total. The summed E-state index contributed by atoms with van der Waals surface area (Å²) < 4.78 is 0. The Hall–Kier alpha value is -3.21. The summed E-state index contributed by atoms with van der Waals surface area (Å²) in [6, 6.07) is 22.4. The average molecular weight is 401 g/mol. The van der Waals surface area contributed by atoms with Gasteiger partial charge in [0.15, 0.2) is 5.82 Å². The van der Waals surface area contributed by atoms with Crippen LogP contribution in [0.15, 0.2) is 66.7 Å². The number of aromatic nitrogens is 2. The maximum atomic E-state index is 12.7. The van der Waals surface area contributed by atoms with Crippen molar-refractivity contribution in [1.82, 2.24) is 15.5 Å². The molecule has 4 rings (SSSR count). The van der Waals surface area contributed by atoms with Crippen LogP contribution in [0.25, 0.3) is 11.3 Å². The minimum atomic E-state index is 0.0246. The van der Waals surface area contributed by atoms with Crippen molar-refractivity contribution in [3.8, 4) is 11.3 Å². The van der Waals surface area contributed by atoms with Crippen molar-refractivity contribution in [3.05, 3.63) is 77.9 Å². The number of hydrogen-bond acceptors (Lipinski definition) is 4. The highest BCUT2D eigenvalue weighted by Gasteiger charge is 2.26. The number of nitrogens with one attached hydrogen (secondary N) is 1. The number of hydrogen-bond donors (Lipinski definition) is 1.